The van der Waals surface area contributed by atoms with E-state index in [1.807, 2.05) is 23.5 Å². The summed E-state index contributed by atoms with van der Waals surface area (Å²) in [7, 11) is 0. The number of hydrogen-bond donors (Lipinski definition) is 1. The van der Waals surface area contributed by atoms with Crippen molar-refractivity contribution in [2.75, 3.05) is 25.5 Å². The van der Waals surface area contributed by atoms with Crippen LogP contribution in [0.4, 0.5) is 0 Å². The maximum atomic E-state index is 5.42. The average Bonchev–Trinajstić information content (AvgIpc) is 2.93. The van der Waals surface area contributed by atoms with Crippen LogP contribution in [0.3, 0.4) is 0 Å². The van der Waals surface area contributed by atoms with Gasteiger partial charge in [-0.15, -0.1) is 11.8 Å². The second-order valence-corrected chi connectivity index (χ2v) is 7.94. The number of ether oxygens (including phenoxy) is 1. The Morgan fingerprint density at radius 1 is 1.32 bits per heavy atom. The van der Waals surface area contributed by atoms with E-state index in [2.05, 4.69) is 29.3 Å². The van der Waals surface area contributed by atoms with E-state index < -0.39 is 0 Å². The molecule has 0 aromatic carbocycles. The first-order valence-electron chi connectivity index (χ1n) is 6.65. The highest BCUT2D eigenvalue weighted by atomic mass is 32.2. The largest absolute Gasteiger partial charge is 0.378 e. The van der Waals surface area contributed by atoms with Gasteiger partial charge in [-0.05, 0) is 0 Å². The second-order valence-electron chi connectivity index (χ2n) is 4.94. The first-order chi connectivity index (χ1) is 9.24. The van der Waals surface area contributed by atoms with E-state index in [-0.39, 0.29) is 6.04 Å². The van der Waals surface area contributed by atoms with Gasteiger partial charge in [-0.3, -0.25) is 0 Å². The fraction of sp³-hybridized carbons (Fsp3) is 0.833. The Labute approximate surface area is 121 Å². The van der Waals surface area contributed by atoms with Crippen molar-refractivity contribution in [2.45, 2.75) is 35.6 Å². The number of rotatable bonds is 2. The molecule has 3 heterocycles. The van der Waals surface area contributed by atoms with Crippen LogP contribution in [0.25, 0.3) is 0 Å². The van der Waals surface area contributed by atoms with Crippen LogP contribution in [0.2, 0.25) is 0 Å². The number of aromatic nitrogens is 2. The Balaban J connectivity index is 1.67. The van der Waals surface area contributed by atoms with E-state index in [1.165, 1.54) is 0 Å². The van der Waals surface area contributed by atoms with Gasteiger partial charge in [0.1, 0.15) is 6.04 Å². The molecular weight excluding hydrogens is 282 g/mol. The Morgan fingerprint density at radius 2 is 2.21 bits per heavy atom. The van der Waals surface area contributed by atoms with E-state index in [4.69, 9.17) is 9.26 Å². The molecule has 0 saturated carbocycles. The van der Waals surface area contributed by atoms with Gasteiger partial charge >= 0.3 is 0 Å². The lowest BCUT2D eigenvalue weighted by Crippen LogP contribution is -2.34. The van der Waals surface area contributed by atoms with Gasteiger partial charge in [0.2, 0.25) is 5.89 Å². The van der Waals surface area contributed by atoms with Crippen molar-refractivity contribution < 1.29 is 9.26 Å². The summed E-state index contributed by atoms with van der Waals surface area (Å²) in [6.45, 7) is 6.75. The molecule has 1 aromatic rings. The molecule has 2 fully saturated rings. The third kappa shape index (κ3) is 3.09. The van der Waals surface area contributed by atoms with E-state index in [0.717, 1.165) is 24.7 Å². The van der Waals surface area contributed by atoms with Crippen LogP contribution in [0.15, 0.2) is 4.52 Å². The molecule has 0 bridgehead atoms. The highest BCUT2D eigenvalue weighted by Gasteiger charge is 2.31. The molecule has 3 rings (SSSR count). The second kappa shape index (κ2) is 6.03. The lowest BCUT2D eigenvalue weighted by Gasteiger charge is -2.29. The van der Waals surface area contributed by atoms with Crippen LogP contribution < -0.4 is 5.32 Å². The number of morpholine rings is 1. The van der Waals surface area contributed by atoms with Crippen molar-refractivity contribution in [2.24, 2.45) is 0 Å². The predicted molar refractivity (Wildman–Crippen MR) is 77.6 cm³/mol. The van der Waals surface area contributed by atoms with Crippen molar-refractivity contribution in [1.29, 1.82) is 0 Å². The van der Waals surface area contributed by atoms with Crippen LogP contribution in [0.5, 0.6) is 0 Å². The molecule has 1 N–H and O–H groups in total. The van der Waals surface area contributed by atoms with E-state index in [0.29, 0.717) is 28.2 Å². The molecule has 0 spiro atoms. The molecule has 1 aromatic heterocycles. The molecule has 7 heteroatoms. The van der Waals surface area contributed by atoms with Gasteiger partial charge in [0.25, 0.3) is 0 Å². The van der Waals surface area contributed by atoms with E-state index in [9.17, 15) is 0 Å². The third-order valence-corrected chi connectivity index (χ3v) is 6.90. The topological polar surface area (TPSA) is 60.2 Å². The first kappa shape index (κ1) is 13.7. The van der Waals surface area contributed by atoms with Crippen molar-refractivity contribution in [3.8, 4) is 0 Å². The van der Waals surface area contributed by atoms with E-state index in [1.54, 1.807) is 0 Å². The van der Waals surface area contributed by atoms with Crippen LogP contribution in [0, 0.1) is 0 Å². The van der Waals surface area contributed by atoms with Gasteiger partial charge < -0.3 is 14.6 Å². The molecule has 2 saturated heterocycles. The summed E-state index contributed by atoms with van der Waals surface area (Å²) >= 11 is 3.94. The predicted octanol–water partition coefficient (Wildman–Crippen LogP) is 2.03. The van der Waals surface area contributed by atoms with Gasteiger partial charge in [0.15, 0.2) is 5.82 Å². The molecule has 0 amide bonds. The fourth-order valence-corrected chi connectivity index (χ4v) is 5.00. The van der Waals surface area contributed by atoms with Gasteiger partial charge in [-0.25, -0.2) is 0 Å². The lowest BCUT2D eigenvalue weighted by molar-refractivity contribution is 0.0659. The number of thioether (sulfide) groups is 2. The average molecular weight is 301 g/mol. The zero-order valence-corrected chi connectivity index (χ0v) is 12.8. The number of nitrogens with zero attached hydrogens (tertiary/aromatic N) is 2. The normalized spacial score (nSPS) is 36.3. The summed E-state index contributed by atoms with van der Waals surface area (Å²) in [4.78, 5) is 4.56. The molecule has 4 atom stereocenters. The summed E-state index contributed by atoms with van der Waals surface area (Å²) in [5, 5.41) is 9.16. The maximum absolute atomic E-state index is 5.42. The minimum atomic E-state index is 0.0487. The van der Waals surface area contributed by atoms with Gasteiger partial charge in [-0.2, -0.15) is 16.7 Å². The van der Waals surface area contributed by atoms with Gasteiger partial charge in [-0.1, -0.05) is 19.0 Å². The van der Waals surface area contributed by atoms with Crippen LogP contribution >= 0.6 is 23.5 Å². The quantitative estimate of drug-likeness (QED) is 0.896. The molecule has 0 radical (unpaired) electrons. The van der Waals surface area contributed by atoms with Crippen molar-refractivity contribution >= 4 is 23.5 Å². The van der Waals surface area contributed by atoms with Crippen LogP contribution in [-0.4, -0.2) is 46.2 Å². The van der Waals surface area contributed by atoms with Gasteiger partial charge in [0.05, 0.1) is 18.5 Å². The number of nitrogens with one attached hydrogen (secondary N) is 1. The van der Waals surface area contributed by atoms with E-state index >= 15 is 0 Å². The number of hydrogen-bond acceptors (Lipinski definition) is 7. The highest BCUT2D eigenvalue weighted by molar-refractivity contribution is 8.07. The minimum absolute atomic E-state index is 0.0487. The zero-order valence-electron chi connectivity index (χ0n) is 11.2. The standard InChI is InChI=1S/C12H19N3O2S2/c1-7-8(2)19-10(6-18-7)11-14-12(17-15-11)9-5-16-4-3-13-9/h7-10,13H,3-6H2,1-2H3. The first-order valence-corrected chi connectivity index (χ1v) is 8.65. The molecule has 2 aliphatic rings. The molecular formula is C12H19N3O2S2. The van der Waals surface area contributed by atoms with Crippen LogP contribution in [0.1, 0.15) is 36.9 Å². The Morgan fingerprint density at radius 3 is 2.95 bits per heavy atom. The molecule has 2 aliphatic heterocycles. The van der Waals surface area contributed by atoms with Gasteiger partial charge in [0, 0.05) is 22.8 Å². The monoisotopic (exact) mass is 301 g/mol. The SMILES string of the molecule is CC1SCC(c2noc(C3COCCN3)n2)SC1C. The maximum Gasteiger partial charge on any atom is 0.246 e. The molecule has 106 valence electrons. The summed E-state index contributed by atoms with van der Waals surface area (Å²) in [5.74, 6) is 2.55. The Hall–Kier alpha value is -0.240. The zero-order chi connectivity index (χ0) is 13.2. The molecule has 19 heavy (non-hydrogen) atoms. The molecule has 0 aliphatic carbocycles. The summed E-state index contributed by atoms with van der Waals surface area (Å²) in [5.41, 5.74) is 0. The fourth-order valence-electron chi connectivity index (χ4n) is 2.16. The lowest BCUT2D eigenvalue weighted by atomic mass is 10.3. The third-order valence-electron chi connectivity index (χ3n) is 3.52. The highest BCUT2D eigenvalue weighted by Crippen LogP contribution is 2.43. The smallest absolute Gasteiger partial charge is 0.246 e. The molecule has 5 nitrogen and oxygen atoms in total. The van der Waals surface area contributed by atoms with Crippen LogP contribution in [-0.2, 0) is 4.74 Å². The summed E-state index contributed by atoms with van der Waals surface area (Å²) < 4.78 is 10.8. The summed E-state index contributed by atoms with van der Waals surface area (Å²) in [6.07, 6.45) is 0. The Kier molecular flexibility index (Phi) is 4.36. The Bertz CT molecular complexity index is 423. The van der Waals surface area contributed by atoms with Crippen molar-refractivity contribution in [1.82, 2.24) is 15.5 Å². The minimum Gasteiger partial charge on any atom is -0.378 e. The van der Waals surface area contributed by atoms with Crippen molar-refractivity contribution in [3.63, 3.8) is 0 Å². The summed E-state index contributed by atoms with van der Waals surface area (Å²) in [6, 6.07) is 0.0487. The molecule has 4 unspecified atom stereocenters. The van der Waals surface area contributed by atoms with Crippen molar-refractivity contribution in [3.05, 3.63) is 11.7 Å².